The summed E-state index contributed by atoms with van der Waals surface area (Å²) >= 11 is 1.78. The molecule has 1 aliphatic heterocycles. The second-order valence-electron chi connectivity index (χ2n) is 6.47. The van der Waals surface area contributed by atoms with Gasteiger partial charge in [-0.05, 0) is 48.1 Å². The van der Waals surface area contributed by atoms with E-state index in [4.69, 9.17) is 0 Å². The summed E-state index contributed by atoms with van der Waals surface area (Å²) in [6, 6.07) is 8.77. The summed E-state index contributed by atoms with van der Waals surface area (Å²) in [5.74, 6) is 0.162. The number of halogens is 2. The Morgan fingerprint density at radius 3 is 2.77 bits per heavy atom. The number of alkyl halides is 2. The van der Waals surface area contributed by atoms with Crippen LogP contribution in [0.25, 0.3) is 0 Å². The Kier molecular flexibility index (Phi) is 5.88. The van der Waals surface area contributed by atoms with Gasteiger partial charge in [0.2, 0.25) is 5.91 Å². The Morgan fingerprint density at radius 2 is 2.08 bits per heavy atom. The number of hydrogen-bond donors (Lipinski definition) is 0. The lowest BCUT2D eigenvalue weighted by Crippen LogP contribution is -2.41. The molecule has 2 heterocycles. The van der Waals surface area contributed by atoms with Crippen molar-refractivity contribution in [1.29, 1.82) is 0 Å². The Bertz CT molecular complexity index is 748. The van der Waals surface area contributed by atoms with Crippen LogP contribution >= 0.6 is 11.3 Å². The summed E-state index contributed by atoms with van der Waals surface area (Å²) in [7, 11) is 1.76. The molecule has 0 saturated heterocycles. The molecule has 1 amide bonds. The van der Waals surface area contributed by atoms with Crippen molar-refractivity contribution >= 4 is 17.2 Å². The van der Waals surface area contributed by atoms with Crippen LogP contribution in [0.15, 0.2) is 35.7 Å². The van der Waals surface area contributed by atoms with Crippen LogP contribution in [0, 0.1) is 0 Å². The molecule has 0 bridgehead atoms. The molecule has 1 unspecified atom stereocenters. The van der Waals surface area contributed by atoms with Gasteiger partial charge in [-0.2, -0.15) is 8.78 Å². The van der Waals surface area contributed by atoms with E-state index in [0.29, 0.717) is 13.1 Å². The molecule has 4 nitrogen and oxygen atoms in total. The minimum Gasteiger partial charge on any atom is -0.435 e. The normalized spacial score (nSPS) is 17.2. The number of nitrogens with zero attached hydrogens (tertiary/aromatic N) is 2. The third-order valence-electron chi connectivity index (χ3n) is 4.74. The van der Waals surface area contributed by atoms with Gasteiger partial charge in [-0.3, -0.25) is 9.69 Å². The molecule has 1 aromatic carbocycles. The molecule has 7 heteroatoms. The monoisotopic (exact) mass is 380 g/mol. The van der Waals surface area contributed by atoms with Gasteiger partial charge in [0, 0.05) is 31.1 Å². The van der Waals surface area contributed by atoms with E-state index in [0.717, 1.165) is 18.5 Å². The number of fused-ring (bicyclic) bond motifs is 1. The van der Waals surface area contributed by atoms with Crippen molar-refractivity contribution in [1.82, 2.24) is 9.80 Å². The summed E-state index contributed by atoms with van der Waals surface area (Å²) in [5, 5.41) is 2.11. The topological polar surface area (TPSA) is 32.8 Å². The highest BCUT2D eigenvalue weighted by atomic mass is 32.1. The first-order valence-corrected chi connectivity index (χ1v) is 9.40. The maximum absolute atomic E-state index is 12.6. The Labute approximate surface area is 156 Å². The zero-order valence-electron chi connectivity index (χ0n) is 14.8. The molecule has 1 aliphatic rings. The fraction of sp³-hybridized carbons (Fsp3) is 0.421. The predicted molar refractivity (Wildman–Crippen MR) is 97.6 cm³/mol. The number of ether oxygens (including phenoxy) is 1. The average Bonchev–Trinajstić information content (AvgIpc) is 3.08. The maximum atomic E-state index is 12.6. The van der Waals surface area contributed by atoms with Crippen molar-refractivity contribution in [2.24, 2.45) is 0 Å². The van der Waals surface area contributed by atoms with Gasteiger partial charge in [-0.15, -0.1) is 11.3 Å². The lowest BCUT2D eigenvalue weighted by Gasteiger charge is -2.34. The van der Waals surface area contributed by atoms with E-state index in [1.54, 1.807) is 35.4 Å². The highest BCUT2D eigenvalue weighted by Crippen LogP contribution is 2.32. The van der Waals surface area contributed by atoms with E-state index in [9.17, 15) is 13.6 Å². The molecule has 0 radical (unpaired) electrons. The van der Waals surface area contributed by atoms with Crippen LogP contribution in [0.1, 0.15) is 29.0 Å². The van der Waals surface area contributed by atoms with Crippen molar-refractivity contribution in [3.8, 4) is 5.75 Å². The van der Waals surface area contributed by atoms with Gasteiger partial charge in [0.1, 0.15) is 5.75 Å². The largest absolute Gasteiger partial charge is 0.435 e. The fourth-order valence-electron chi connectivity index (χ4n) is 3.21. The average molecular weight is 380 g/mol. The number of hydrogen-bond acceptors (Lipinski definition) is 4. The third kappa shape index (κ3) is 4.40. The maximum Gasteiger partial charge on any atom is 0.387 e. The van der Waals surface area contributed by atoms with Crippen LogP contribution in [0.2, 0.25) is 0 Å². The Hall–Kier alpha value is -1.99. The number of carbonyl (C=O) groups is 1. The molecule has 26 heavy (non-hydrogen) atoms. The smallest absolute Gasteiger partial charge is 0.387 e. The molecular formula is C19H22F2N2O2S. The van der Waals surface area contributed by atoms with Gasteiger partial charge in [-0.1, -0.05) is 12.1 Å². The van der Waals surface area contributed by atoms with Crippen LogP contribution in [0.3, 0.4) is 0 Å². The van der Waals surface area contributed by atoms with Crippen molar-refractivity contribution in [2.75, 3.05) is 20.1 Å². The van der Waals surface area contributed by atoms with E-state index < -0.39 is 6.61 Å². The minimum absolute atomic E-state index is 0.0448. The summed E-state index contributed by atoms with van der Waals surface area (Å²) in [6.07, 6.45) is 0.986. The summed E-state index contributed by atoms with van der Waals surface area (Å²) in [6.45, 7) is 0.993. The number of carbonyl (C=O) groups excluding carboxylic acids is 1. The van der Waals surface area contributed by atoms with Crippen molar-refractivity contribution in [3.63, 3.8) is 0 Å². The second-order valence-corrected chi connectivity index (χ2v) is 7.47. The standard InChI is InChI=1S/C19H22F2N2O2S/c1-13-16-8-10-26-17(16)7-9-23(13)12-18(24)22(2)11-14-3-5-15(6-4-14)25-19(20)21/h3-6,8,10,13,19H,7,9,11-12H2,1-2H3. The van der Waals surface area contributed by atoms with E-state index in [-0.39, 0.29) is 17.7 Å². The zero-order valence-corrected chi connectivity index (χ0v) is 15.6. The van der Waals surface area contributed by atoms with Crippen LogP contribution in [-0.4, -0.2) is 42.5 Å². The van der Waals surface area contributed by atoms with Gasteiger partial charge in [-0.25, -0.2) is 0 Å². The summed E-state index contributed by atoms with van der Waals surface area (Å²) in [4.78, 5) is 17.9. The van der Waals surface area contributed by atoms with Crippen LogP contribution in [0.4, 0.5) is 8.78 Å². The van der Waals surface area contributed by atoms with Crippen molar-refractivity contribution < 1.29 is 18.3 Å². The predicted octanol–water partition coefficient (Wildman–Crippen LogP) is 3.93. The van der Waals surface area contributed by atoms with E-state index >= 15 is 0 Å². The SMILES string of the molecule is CC1c2ccsc2CCN1CC(=O)N(C)Cc1ccc(OC(F)F)cc1. The molecule has 1 aromatic heterocycles. The van der Waals surface area contributed by atoms with Crippen LogP contribution in [0.5, 0.6) is 5.75 Å². The number of amides is 1. The zero-order chi connectivity index (χ0) is 18.7. The quantitative estimate of drug-likeness (QED) is 0.761. The molecule has 0 fully saturated rings. The lowest BCUT2D eigenvalue weighted by atomic mass is 10.0. The van der Waals surface area contributed by atoms with Gasteiger partial charge in [0.15, 0.2) is 0 Å². The van der Waals surface area contributed by atoms with Crippen LogP contribution in [-0.2, 0) is 17.8 Å². The molecular weight excluding hydrogens is 358 g/mol. The fourth-order valence-corrected chi connectivity index (χ4v) is 4.17. The molecule has 1 atom stereocenters. The Morgan fingerprint density at radius 1 is 1.35 bits per heavy atom. The first-order valence-electron chi connectivity index (χ1n) is 8.52. The molecule has 0 aliphatic carbocycles. The Balaban J connectivity index is 1.55. The van der Waals surface area contributed by atoms with Gasteiger partial charge >= 0.3 is 6.61 Å². The highest BCUT2D eigenvalue weighted by molar-refractivity contribution is 7.10. The molecule has 0 spiro atoms. The molecule has 140 valence electrons. The number of likely N-dealkylation sites (N-methyl/N-ethyl adjacent to an activating group) is 1. The van der Waals surface area contributed by atoms with Gasteiger partial charge < -0.3 is 9.64 Å². The number of rotatable bonds is 6. The van der Waals surface area contributed by atoms with E-state index in [1.807, 2.05) is 0 Å². The molecule has 0 saturated carbocycles. The lowest BCUT2D eigenvalue weighted by molar-refractivity contribution is -0.132. The van der Waals surface area contributed by atoms with E-state index in [2.05, 4.69) is 28.0 Å². The molecule has 2 aromatic rings. The minimum atomic E-state index is -2.83. The highest BCUT2D eigenvalue weighted by Gasteiger charge is 2.27. The summed E-state index contributed by atoms with van der Waals surface area (Å²) in [5.41, 5.74) is 2.20. The van der Waals surface area contributed by atoms with Gasteiger partial charge in [0.25, 0.3) is 0 Å². The first kappa shape index (κ1) is 18.8. The molecule has 3 rings (SSSR count). The van der Waals surface area contributed by atoms with Crippen molar-refractivity contribution in [2.45, 2.75) is 32.5 Å². The van der Waals surface area contributed by atoms with Gasteiger partial charge in [0.05, 0.1) is 6.54 Å². The van der Waals surface area contributed by atoms with Crippen LogP contribution < -0.4 is 4.74 Å². The first-order chi connectivity index (χ1) is 12.4. The van der Waals surface area contributed by atoms with Crippen molar-refractivity contribution in [3.05, 3.63) is 51.7 Å². The summed E-state index contributed by atoms with van der Waals surface area (Å²) < 4.78 is 28.7. The van der Waals surface area contributed by atoms with E-state index in [1.165, 1.54) is 22.6 Å². The second kappa shape index (κ2) is 8.14. The molecule has 0 N–H and O–H groups in total. The third-order valence-corrected chi connectivity index (χ3v) is 5.73. The number of benzene rings is 1. The number of thiophene rings is 1.